The van der Waals surface area contributed by atoms with Crippen molar-refractivity contribution in [2.75, 3.05) is 0 Å². The van der Waals surface area contributed by atoms with E-state index in [0.717, 1.165) is 12.1 Å². The molecule has 0 N–H and O–H groups in total. The minimum atomic E-state index is -6.55. The molecule has 0 aliphatic heterocycles. The number of allylic oxidation sites excluding steroid dienone is 2. The second-order valence-corrected chi connectivity index (χ2v) is 5.26. The average Bonchev–Trinajstić information content (AvgIpc) is 2.36. The first-order valence-electron chi connectivity index (χ1n) is 5.23. The van der Waals surface area contributed by atoms with Crippen LogP contribution in [-0.2, 0) is 14.3 Å². The van der Waals surface area contributed by atoms with Gasteiger partial charge in [0, 0.05) is 11.6 Å². The van der Waals surface area contributed by atoms with Gasteiger partial charge < -0.3 is 4.18 Å². The van der Waals surface area contributed by atoms with E-state index in [0.29, 0.717) is 0 Å². The number of benzene rings is 1. The average molecular weight is 348 g/mol. The lowest BCUT2D eigenvalue weighted by Gasteiger charge is -2.14. The van der Waals surface area contributed by atoms with Crippen molar-refractivity contribution in [3.05, 3.63) is 47.7 Å². The predicted molar refractivity (Wildman–Crippen MR) is 61.0 cm³/mol. The number of rotatable bonds is 4. The van der Waals surface area contributed by atoms with Crippen molar-refractivity contribution in [3.63, 3.8) is 0 Å². The van der Waals surface area contributed by atoms with Gasteiger partial charge in [0.15, 0.2) is 5.78 Å². The van der Waals surface area contributed by atoms with Gasteiger partial charge in [-0.3, -0.25) is 4.79 Å². The number of hydrogen-bond acceptors (Lipinski definition) is 4. The topological polar surface area (TPSA) is 60.4 Å². The summed E-state index contributed by atoms with van der Waals surface area (Å²) in [5.41, 5.74) is -6.36. The largest absolute Gasteiger partial charge is 0.534 e. The fourth-order valence-electron chi connectivity index (χ4n) is 1.12. The van der Waals surface area contributed by atoms with Gasteiger partial charge in [0.25, 0.3) is 0 Å². The Morgan fingerprint density at radius 2 is 1.50 bits per heavy atom. The molecule has 0 aliphatic rings. The maximum absolute atomic E-state index is 12.5. The van der Waals surface area contributed by atoms with E-state index in [-0.39, 0.29) is 11.6 Å². The summed E-state index contributed by atoms with van der Waals surface area (Å²) in [6.45, 7) is 0. The van der Waals surface area contributed by atoms with E-state index in [9.17, 15) is 39.6 Å². The van der Waals surface area contributed by atoms with E-state index in [4.69, 9.17) is 0 Å². The smallest absolute Gasteiger partial charge is 0.371 e. The number of ketones is 1. The number of carbonyl (C=O) groups is 1. The van der Waals surface area contributed by atoms with E-state index in [1.807, 2.05) is 0 Å². The molecule has 1 aromatic carbocycles. The summed E-state index contributed by atoms with van der Waals surface area (Å²) < 4.78 is 98.0. The summed E-state index contributed by atoms with van der Waals surface area (Å²) in [6.07, 6.45) is -5.97. The molecule has 0 unspecified atom stereocenters. The molecule has 0 fully saturated rings. The van der Waals surface area contributed by atoms with E-state index in [1.54, 1.807) is 0 Å². The summed E-state index contributed by atoms with van der Waals surface area (Å²) in [5.74, 6) is -3.95. The van der Waals surface area contributed by atoms with Gasteiger partial charge in [0.05, 0.1) is 0 Å². The molecule has 0 aliphatic carbocycles. The van der Waals surface area contributed by atoms with Crippen LogP contribution in [0.3, 0.4) is 0 Å². The van der Waals surface area contributed by atoms with E-state index >= 15 is 0 Å². The van der Waals surface area contributed by atoms with Crippen LogP contribution >= 0.6 is 0 Å². The molecule has 0 saturated carbocycles. The van der Waals surface area contributed by atoms with E-state index in [1.165, 1.54) is 18.2 Å². The molecule has 4 nitrogen and oxygen atoms in total. The van der Waals surface area contributed by atoms with Crippen molar-refractivity contribution in [1.82, 2.24) is 0 Å². The van der Waals surface area contributed by atoms with Crippen LogP contribution in [0.2, 0.25) is 0 Å². The molecule has 1 aromatic rings. The van der Waals surface area contributed by atoms with Gasteiger partial charge in [-0.05, 0) is 0 Å². The van der Waals surface area contributed by atoms with Crippen LogP contribution in [0.5, 0.6) is 0 Å². The van der Waals surface area contributed by atoms with Crippen molar-refractivity contribution in [2.45, 2.75) is 11.7 Å². The zero-order valence-electron chi connectivity index (χ0n) is 10.3. The normalized spacial score (nSPS) is 13.8. The second kappa shape index (κ2) is 5.99. The van der Waals surface area contributed by atoms with Crippen LogP contribution in [-0.4, -0.2) is 25.9 Å². The molecule has 0 amide bonds. The van der Waals surface area contributed by atoms with Gasteiger partial charge in [-0.1, -0.05) is 30.3 Å². The Bertz CT molecular complexity index is 673. The SMILES string of the molecule is O=C(C=C(OS(=O)(=O)C(F)(F)F)C(F)(F)F)c1ccccc1. The molecule has 0 spiro atoms. The van der Waals surface area contributed by atoms with Crippen LogP contribution in [0.15, 0.2) is 42.2 Å². The lowest BCUT2D eigenvalue weighted by Crippen LogP contribution is -2.29. The number of hydrogen-bond donors (Lipinski definition) is 0. The summed E-state index contributed by atoms with van der Waals surface area (Å²) in [4.78, 5) is 11.5. The van der Waals surface area contributed by atoms with E-state index < -0.39 is 33.3 Å². The molecule has 0 atom stereocenters. The highest BCUT2D eigenvalue weighted by Crippen LogP contribution is 2.33. The third-order valence-electron chi connectivity index (χ3n) is 2.08. The van der Waals surface area contributed by atoms with E-state index in [2.05, 4.69) is 4.18 Å². The molecule has 0 aromatic heterocycles. The Morgan fingerprint density at radius 1 is 1.00 bits per heavy atom. The molecule has 22 heavy (non-hydrogen) atoms. The number of alkyl halides is 6. The van der Waals surface area contributed by atoms with Crippen molar-refractivity contribution < 1.29 is 43.7 Å². The zero-order valence-corrected chi connectivity index (χ0v) is 11.1. The highest BCUT2D eigenvalue weighted by molar-refractivity contribution is 7.87. The fraction of sp³-hybridized carbons (Fsp3) is 0.182. The maximum atomic E-state index is 12.5. The minimum Gasteiger partial charge on any atom is -0.371 e. The molecule has 1 rings (SSSR count). The Kier molecular flexibility index (Phi) is 4.90. The first kappa shape index (κ1) is 18.0. The lowest BCUT2D eigenvalue weighted by atomic mass is 10.1. The molecule has 0 heterocycles. The summed E-state index contributed by atoms with van der Waals surface area (Å²) in [6, 6.07) is 6.20. The van der Waals surface area contributed by atoms with Crippen LogP contribution in [0.4, 0.5) is 26.3 Å². The first-order valence-corrected chi connectivity index (χ1v) is 6.64. The van der Waals surface area contributed by atoms with Crippen molar-refractivity contribution in [2.24, 2.45) is 0 Å². The molecule has 11 heteroatoms. The summed E-state index contributed by atoms with van der Waals surface area (Å²) >= 11 is 0. The van der Waals surface area contributed by atoms with Gasteiger partial charge in [-0.25, -0.2) is 0 Å². The van der Waals surface area contributed by atoms with Crippen molar-refractivity contribution in [3.8, 4) is 0 Å². The number of halogens is 6. The monoisotopic (exact) mass is 348 g/mol. The zero-order chi connectivity index (χ0) is 17.2. The molecule has 0 radical (unpaired) electrons. The van der Waals surface area contributed by atoms with Crippen LogP contribution in [0, 0.1) is 0 Å². The first-order chi connectivity index (χ1) is 9.84. The predicted octanol–water partition coefficient (Wildman–Crippen LogP) is 3.18. The third-order valence-corrected chi connectivity index (χ3v) is 3.05. The molecule has 122 valence electrons. The Hall–Kier alpha value is -2.04. The highest BCUT2D eigenvalue weighted by Gasteiger charge is 2.52. The van der Waals surface area contributed by atoms with Crippen LogP contribution < -0.4 is 0 Å². The molecular formula is C11H6F6O4S. The molecular weight excluding hydrogens is 342 g/mol. The standard InChI is InChI=1S/C11H6F6O4S/c12-10(13,14)9(21-22(19,20)11(15,16)17)6-8(18)7-4-2-1-3-5-7/h1-6H. The highest BCUT2D eigenvalue weighted by atomic mass is 32.2. The van der Waals surface area contributed by atoms with Crippen LogP contribution in [0.1, 0.15) is 10.4 Å². The summed E-state index contributed by atoms with van der Waals surface area (Å²) in [5, 5.41) is 0. The van der Waals surface area contributed by atoms with Crippen molar-refractivity contribution >= 4 is 15.9 Å². The summed E-state index contributed by atoms with van der Waals surface area (Å²) in [7, 11) is -6.55. The maximum Gasteiger partial charge on any atom is 0.534 e. The molecule has 0 saturated heterocycles. The number of carbonyl (C=O) groups excluding carboxylic acids is 1. The Labute approximate surface area is 120 Å². The quantitative estimate of drug-likeness (QED) is 0.209. The Morgan fingerprint density at radius 3 is 1.91 bits per heavy atom. The fourth-order valence-corrected chi connectivity index (χ4v) is 1.60. The third kappa shape index (κ3) is 4.48. The van der Waals surface area contributed by atoms with Gasteiger partial charge in [-0.2, -0.15) is 34.8 Å². The van der Waals surface area contributed by atoms with Gasteiger partial charge >= 0.3 is 21.8 Å². The second-order valence-electron chi connectivity index (χ2n) is 3.72. The molecule has 0 bridgehead atoms. The van der Waals surface area contributed by atoms with Gasteiger partial charge in [0.1, 0.15) is 0 Å². The van der Waals surface area contributed by atoms with Gasteiger partial charge in [0.2, 0.25) is 5.76 Å². The van der Waals surface area contributed by atoms with Crippen molar-refractivity contribution in [1.29, 1.82) is 0 Å². The van der Waals surface area contributed by atoms with Gasteiger partial charge in [-0.15, -0.1) is 0 Å². The Balaban J connectivity index is 3.21. The lowest BCUT2D eigenvalue weighted by molar-refractivity contribution is -0.119. The van der Waals surface area contributed by atoms with Crippen LogP contribution in [0.25, 0.3) is 0 Å². The minimum absolute atomic E-state index is 0.294.